The van der Waals surface area contributed by atoms with Gasteiger partial charge in [-0.15, -0.1) is 0 Å². The smallest absolute Gasteiger partial charge is 0.240 e. The molecule has 1 amide bonds. The second-order valence-electron chi connectivity index (χ2n) is 5.02. The first-order valence-corrected chi connectivity index (χ1v) is 7.59. The molecule has 2 aromatic rings. The van der Waals surface area contributed by atoms with E-state index in [1.807, 2.05) is 37.3 Å². The lowest BCUT2D eigenvalue weighted by Gasteiger charge is -2.05. The number of benzene rings is 1. The van der Waals surface area contributed by atoms with Gasteiger partial charge in [0.25, 0.3) is 0 Å². The summed E-state index contributed by atoms with van der Waals surface area (Å²) in [7, 11) is 0. The van der Waals surface area contributed by atoms with E-state index in [0.29, 0.717) is 6.42 Å². The molecule has 1 aromatic carbocycles. The molecular formula is C18H21N3O. The van der Waals surface area contributed by atoms with Gasteiger partial charge in [-0.05, 0) is 37.0 Å². The fraction of sp³-hybridized carbons (Fsp3) is 0.278. The summed E-state index contributed by atoms with van der Waals surface area (Å²) in [5, 5.41) is 4.23. The molecule has 0 spiro atoms. The zero-order valence-electron chi connectivity index (χ0n) is 12.8. The van der Waals surface area contributed by atoms with E-state index in [9.17, 15) is 4.79 Å². The van der Waals surface area contributed by atoms with Crippen molar-refractivity contribution in [1.29, 1.82) is 0 Å². The highest BCUT2D eigenvalue weighted by molar-refractivity contribution is 6.00. The Morgan fingerprint density at radius 2 is 1.86 bits per heavy atom. The maximum Gasteiger partial charge on any atom is 0.240 e. The van der Waals surface area contributed by atoms with Crippen LogP contribution in [-0.2, 0) is 11.2 Å². The highest BCUT2D eigenvalue weighted by Gasteiger charge is 2.03. The minimum atomic E-state index is -0.0454. The van der Waals surface area contributed by atoms with Crippen molar-refractivity contribution in [2.24, 2.45) is 5.10 Å². The summed E-state index contributed by atoms with van der Waals surface area (Å²) in [4.78, 5) is 15.8. The molecule has 4 heteroatoms. The van der Waals surface area contributed by atoms with Crippen LogP contribution in [0, 0.1) is 0 Å². The van der Waals surface area contributed by atoms with Crippen molar-refractivity contribution < 1.29 is 4.79 Å². The first-order valence-electron chi connectivity index (χ1n) is 7.59. The topological polar surface area (TPSA) is 54.4 Å². The Hall–Kier alpha value is -2.49. The van der Waals surface area contributed by atoms with Crippen LogP contribution in [0.15, 0.2) is 60.0 Å². The largest absolute Gasteiger partial charge is 0.273 e. The lowest BCUT2D eigenvalue weighted by Crippen LogP contribution is -2.19. The third-order valence-corrected chi connectivity index (χ3v) is 3.38. The van der Waals surface area contributed by atoms with E-state index in [2.05, 4.69) is 27.6 Å². The second-order valence-corrected chi connectivity index (χ2v) is 5.02. The van der Waals surface area contributed by atoms with Gasteiger partial charge in [0.1, 0.15) is 0 Å². The van der Waals surface area contributed by atoms with Crippen molar-refractivity contribution >= 4 is 11.6 Å². The van der Waals surface area contributed by atoms with Gasteiger partial charge in [0.15, 0.2) is 0 Å². The van der Waals surface area contributed by atoms with Crippen molar-refractivity contribution in [3.05, 3.63) is 66.0 Å². The number of aryl methyl sites for hydroxylation is 1. The monoisotopic (exact) mass is 295 g/mol. The average Bonchev–Trinajstić information content (AvgIpc) is 2.57. The highest BCUT2D eigenvalue weighted by Crippen LogP contribution is 2.05. The number of hydrazone groups is 1. The molecule has 2 rings (SSSR count). The van der Waals surface area contributed by atoms with Crippen molar-refractivity contribution in [3.8, 4) is 0 Å². The van der Waals surface area contributed by atoms with Crippen LogP contribution in [0.5, 0.6) is 0 Å². The number of amides is 1. The Labute approximate surface area is 131 Å². The molecule has 0 atom stereocenters. The van der Waals surface area contributed by atoms with E-state index in [4.69, 9.17) is 0 Å². The lowest BCUT2D eigenvalue weighted by atomic mass is 10.1. The predicted octanol–water partition coefficient (Wildman–Crippen LogP) is 3.33. The molecule has 0 aliphatic heterocycles. The molecule has 1 aromatic heterocycles. The molecule has 0 bridgehead atoms. The molecular weight excluding hydrogens is 274 g/mol. The van der Waals surface area contributed by atoms with Gasteiger partial charge in [-0.1, -0.05) is 37.3 Å². The van der Waals surface area contributed by atoms with E-state index in [1.54, 1.807) is 12.4 Å². The molecule has 0 saturated carbocycles. The van der Waals surface area contributed by atoms with Crippen LogP contribution in [0.2, 0.25) is 0 Å². The summed E-state index contributed by atoms with van der Waals surface area (Å²) in [6, 6.07) is 14.0. The van der Waals surface area contributed by atoms with Crippen molar-refractivity contribution in [2.75, 3.05) is 0 Å². The Bertz CT molecular complexity index is 609. The summed E-state index contributed by atoms with van der Waals surface area (Å²) in [6.45, 7) is 2.01. The number of hydrogen-bond donors (Lipinski definition) is 1. The molecule has 0 aliphatic carbocycles. The SMILES string of the molecule is CCC(=NNC(=O)CCCc1ccccc1)c1ccncc1. The van der Waals surface area contributed by atoms with Gasteiger partial charge < -0.3 is 0 Å². The first kappa shape index (κ1) is 15.9. The minimum Gasteiger partial charge on any atom is -0.273 e. The van der Waals surface area contributed by atoms with Crippen LogP contribution in [0.25, 0.3) is 0 Å². The zero-order valence-corrected chi connectivity index (χ0v) is 12.8. The number of carbonyl (C=O) groups excluding carboxylic acids is 1. The number of rotatable bonds is 7. The number of nitrogens with one attached hydrogen (secondary N) is 1. The van der Waals surface area contributed by atoms with Crippen LogP contribution in [0.1, 0.15) is 37.3 Å². The van der Waals surface area contributed by atoms with Gasteiger partial charge in [0, 0.05) is 24.4 Å². The maximum absolute atomic E-state index is 11.9. The fourth-order valence-electron chi connectivity index (χ4n) is 2.18. The van der Waals surface area contributed by atoms with E-state index < -0.39 is 0 Å². The Kier molecular flexibility index (Phi) is 6.30. The summed E-state index contributed by atoms with van der Waals surface area (Å²) < 4.78 is 0. The van der Waals surface area contributed by atoms with Gasteiger partial charge in [-0.25, -0.2) is 5.43 Å². The number of aromatic nitrogens is 1. The molecule has 0 aliphatic rings. The molecule has 1 N–H and O–H groups in total. The van der Waals surface area contributed by atoms with Gasteiger partial charge in [0.2, 0.25) is 5.91 Å². The molecule has 22 heavy (non-hydrogen) atoms. The number of hydrogen-bond acceptors (Lipinski definition) is 3. The van der Waals surface area contributed by atoms with E-state index in [0.717, 1.165) is 30.5 Å². The van der Waals surface area contributed by atoms with Crippen LogP contribution in [-0.4, -0.2) is 16.6 Å². The van der Waals surface area contributed by atoms with Crippen molar-refractivity contribution in [1.82, 2.24) is 10.4 Å². The van der Waals surface area contributed by atoms with Gasteiger partial charge in [0.05, 0.1) is 5.71 Å². The standard InChI is InChI=1S/C18H21N3O/c1-2-17(16-11-13-19-14-12-16)20-21-18(22)10-6-9-15-7-4-3-5-8-15/h3-5,7-8,11-14H,2,6,9-10H2,1H3,(H,21,22). The Morgan fingerprint density at radius 3 is 2.55 bits per heavy atom. The van der Waals surface area contributed by atoms with Gasteiger partial charge in [-0.2, -0.15) is 5.10 Å². The predicted molar refractivity (Wildman–Crippen MR) is 88.6 cm³/mol. The lowest BCUT2D eigenvalue weighted by molar-refractivity contribution is -0.121. The van der Waals surface area contributed by atoms with Crippen molar-refractivity contribution in [3.63, 3.8) is 0 Å². The van der Waals surface area contributed by atoms with Gasteiger partial charge >= 0.3 is 0 Å². The summed E-state index contributed by atoms with van der Waals surface area (Å²) in [5.41, 5.74) is 5.75. The molecule has 114 valence electrons. The maximum atomic E-state index is 11.9. The molecule has 0 fully saturated rings. The van der Waals surface area contributed by atoms with Gasteiger partial charge in [-0.3, -0.25) is 9.78 Å². The summed E-state index contributed by atoms with van der Waals surface area (Å²) in [5.74, 6) is -0.0454. The molecule has 0 radical (unpaired) electrons. The third kappa shape index (κ3) is 5.13. The molecule has 0 saturated heterocycles. The zero-order chi connectivity index (χ0) is 15.6. The summed E-state index contributed by atoms with van der Waals surface area (Å²) >= 11 is 0. The van der Waals surface area contributed by atoms with Crippen LogP contribution >= 0.6 is 0 Å². The Morgan fingerprint density at radius 1 is 1.14 bits per heavy atom. The molecule has 0 unspecified atom stereocenters. The number of nitrogens with zero attached hydrogens (tertiary/aromatic N) is 2. The van der Waals surface area contributed by atoms with Crippen LogP contribution in [0.4, 0.5) is 0 Å². The van der Waals surface area contributed by atoms with Crippen LogP contribution in [0.3, 0.4) is 0 Å². The first-order chi connectivity index (χ1) is 10.8. The van der Waals surface area contributed by atoms with Crippen molar-refractivity contribution in [2.45, 2.75) is 32.6 Å². The molecule has 4 nitrogen and oxygen atoms in total. The fourth-order valence-corrected chi connectivity index (χ4v) is 2.18. The normalized spacial score (nSPS) is 11.2. The van der Waals surface area contributed by atoms with E-state index >= 15 is 0 Å². The quantitative estimate of drug-likeness (QED) is 0.629. The van der Waals surface area contributed by atoms with E-state index in [1.165, 1.54) is 5.56 Å². The highest BCUT2D eigenvalue weighted by atomic mass is 16.2. The van der Waals surface area contributed by atoms with Crippen LogP contribution < -0.4 is 5.43 Å². The van der Waals surface area contributed by atoms with E-state index in [-0.39, 0.29) is 5.91 Å². The third-order valence-electron chi connectivity index (χ3n) is 3.38. The second kappa shape index (κ2) is 8.72. The number of pyridine rings is 1. The number of carbonyl (C=O) groups is 1. The molecule has 1 heterocycles. The summed E-state index contributed by atoms with van der Waals surface area (Å²) in [6.07, 6.45) is 6.41. The average molecular weight is 295 g/mol. The Balaban J connectivity index is 1.80. The minimum absolute atomic E-state index is 0.0454.